The number of nitrogens with two attached hydrogens (primary N) is 1. The molecular weight excluding hydrogens is 508 g/mol. The molecule has 1 fully saturated rings. The lowest BCUT2D eigenvalue weighted by atomic mass is 9.94. The molecule has 3 heterocycles. The van der Waals surface area contributed by atoms with Crippen LogP contribution in [0.2, 0.25) is 0 Å². The van der Waals surface area contributed by atoms with Gasteiger partial charge in [0.05, 0.1) is 0 Å². The molecule has 6 N–H and O–H groups in total. The summed E-state index contributed by atoms with van der Waals surface area (Å²) in [6.45, 7) is 1.80. The van der Waals surface area contributed by atoms with Gasteiger partial charge in [0.15, 0.2) is 4.34 Å². The molecule has 3 amide bonds. The van der Waals surface area contributed by atoms with Crippen LogP contribution in [0.1, 0.15) is 24.3 Å². The normalized spacial score (nSPS) is 22.5. The van der Waals surface area contributed by atoms with E-state index in [1.165, 1.54) is 34.9 Å². The van der Waals surface area contributed by atoms with Gasteiger partial charge in [-0.2, -0.15) is 0 Å². The number of rotatable bonds is 12. The summed E-state index contributed by atoms with van der Waals surface area (Å²) in [5.41, 5.74) is 3.94. The highest BCUT2D eigenvalue weighted by molar-refractivity contribution is 8.01. The molecule has 0 saturated carbocycles. The van der Waals surface area contributed by atoms with Crippen LogP contribution in [0.4, 0.5) is 0 Å². The summed E-state index contributed by atoms with van der Waals surface area (Å²) < 4.78 is 0.670. The Bertz CT molecular complexity index is 1050. The molecule has 13 nitrogen and oxygen atoms in total. The van der Waals surface area contributed by atoms with Crippen LogP contribution in [0.15, 0.2) is 15.6 Å². The number of amides is 3. The molecule has 184 valence electrons. The zero-order valence-corrected chi connectivity index (χ0v) is 20.3. The SMILES string of the molecule is Cc1nnc(SCC2=C(C(=O)O)N3C(=O)C(NC=O)(NC(=O)CCCC(N)C(=O)O)[C@H]3SC2)s1. The van der Waals surface area contributed by atoms with Gasteiger partial charge in [0.25, 0.3) is 5.91 Å². The molecule has 2 aliphatic rings. The first kappa shape index (κ1) is 25.9. The van der Waals surface area contributed by atoms with E-state index in [0.29, 0.717) is 9.91 Å². The number of nitrogens with zero attached hydrogens (tertiary/aromatic N) is 3. The molecule has 2 unspecified atom stereocenters. The predicted molar refractivity (Wildman–Crippen MR) is 123 cm³/mol. The smallest absolute Gasteiger partial charge is 0.352 e. The standard InChI is InChI=1S/C18H22N6O7S3/c1-8-22-23-17(34-8)33-6-9-5-32-16-18(20-7-25,15(31)24(16)12(9)14(29)30)21-11(26)4-2-3-10(19)13(27)28/h7,10,16H,2-6,19H2,1H3,(H,20,25)(H,21,26)(H,27,28)(H,29,30)/t10?,16-,18?/m1/s1. The summed E-state index contributed by atoms with van der Waals surface area (Å²) in [6.07, 6.45) is 0.345. The minimum atomic E-state index is -1.80. The maximum absolute atomic E-state index is 13.1. The number of carbonyl (C=O) groups is 5. The van der Waals surface area contributed by atoms with E-state index in [9.17, 15) is 29.1 Å². The number of carboxylic acid groups (broad SMARTS) is 2. The number of carbonyl (C=O) groups excluding carboxylic acids is 3. The second-order valence-corrected chi connectivity index (χ2v) is 10.9. The van der Waals surface area contributed by atoms with Crippen LogP contribution in [-0.4, -0.2) is 84.1 Å². The highest BCUT2D eigenvalue weighted by atomic mass is 32.2. The maximum Gasteiger partial charge on any atom is 0.352 e. The number of nitrogens with one attached hydrogen (secondary N) is 2. The van der Waals surface area contributed by atoms with Crippen molar-refractivity contribution < 1.29 is 34.2 Å². The molecule has 1 aromatic rings. The average molecular weight is 531 g/mol. The molecule has 0 bridgehead atoms. The number of β-lactam (4-membered cyclic amide) rings is 1. The molecule has 1 saturated heterocycles. The van der Waals surface area contributed by atoms with Crippen LogP contribution in [0.3, 0.4) is 0 Å². The van der Waals surface area contributed by atoms with Crippen LogP contribution in [-0.2, 0) is 24.0 Å². The Kier molecular flexibility index (Phi) is 8.17. The van der Waals surface area contributed by atoms with Gasteiger partial charge in [-0.15, -0.1) is 22.0 Å². The van der Waals surface area contributed by atoms with Gasteiger partial charge >= 0.3 is 11.9 Å². The van der Waals surface area contributed by atoms with Gasteiger partial charge in [-0.25, -0.2) is 4.79 Å². The molecule has 3 rings (SSSR count). The molecule has 2 aliphatic heterocycles. The minimum Gasteiger partial charge on any atom is -0.480 e. The summed E-state index contributed by atoms with van der Waals surface area (Å²) in [4.78, 5) is 60.7. The maximum atomic E-state index is 13.1. The third-order valence-corrected chi connectivity index (χ3v) is 8.55. The van der Waals surface area contributed by atoms with Crippen molar-refractivity contribution >= 4 is 65.0 Å². The zero-order valence-electron chi connectivity index (χ0n) is 17.8. The molecule has 0 aliphatic carbocycles. The van der Waals surface area contributed by atoms with Crippen molar-refractivity contribution in [3.05, 3.63) is 16.3 Å². The predicted octanol–water partition coefficient (Wildman–Crippen LogP) is -0.667. The zero-order chi connectivity index (χ0) is 25.0. The summed E-state index contributed by atoms with van der Waals surface area (Å²) >= 11 is 3.89. The van der Waals surface area contributed by atoms with E-state index in [-0.39, 0.29) is 42.9 Å². The van der Waals surface area contributed by atoms with Gasteiger partial charge in [0.1, 0.15) is 22.1 Å². The van der Waals surface area contributed by atoms with Crippen molar-refractivity contribution in [1.29, 1.82) is 0 Å². The number of hydrogen-bond donors (Lipinski definition) is 5. The van der Waals surface area contributed by atoms with Crippen molar-refractivity contribution in [1.82, 2.24) is 25.7 Å². The van der Waals surface area contributed by atoms with E-state index < -0.39 is 40.8 Å². The molecular formula is C18H22N6O7S3. The Morgan fingerprint density at radius 2 is 2.12 bits per heavy atom. The van der Waals surface area contributed by atoms with Crippen molar-refractivity contribution in [3.8, 4) is 0 Å². The van der Waals surface area contributed by atoms with E-state index in [0.717, 1.165) is 9.91 Å². The largest absolute Gasteiger partial charge is 0.480 e. The fraction of sp³-hybridized carbons (Fsp3) is 0.500. The summed E-state index contributed by atoms with van der Waals surface area (Å²) in [5.74, 6) is -3.33. The lowest BCUT2D eigenvalue weighted by Gasteiger charge is -2.56. The number of carboxylic acids is 2. The highest BCUT2D eigenvalue weighted by Gasteiger charge is 2.65. The second kappa shape index (κ2) is 10.7. The lowest BCUT2D eigenvalue weighted by molar-refractivity contribution is -0.162. The fourth-order valence-corrected chi connectivity index (χ4v) is 6.86. The summed E-state index contributed by atoms with van der Waals surface area (Å²) in [7, 11) is 0. The third-order valence-electron chi connectivity index (χ3n) is 5.09. The van der Waals surface area contributed by atoms with E-state index in [1.807, 2.05) is 0 Å². The molecule has 0 spiro atoms. The first-order chi connectivity index (χ1) is 16.1. The van der Waals surface area contributed by atoms with Gasteiger partial charge < -0.3 is 26.6 Å². The summed E-state index contributed by atoms with van der Waals surface area (Å²) in [6, 6.07) is -1.12. The Morgan fingerprint density at radius 3 is 2.71 bits per heavy atom. The van der Waals surface area contributed by atoms with Crippen LogP contribution >= 0.6 is 34.9 Å². The highest BCUT2D eigenvalue weighted by Crippen LogP contribution is 2.45. The Labute approximate surface area is 205 Å². The first-order valence-electron chi connectivity index (χ1n) is 9.95. The lowest BCUT2D eigenvalue weighted by Crippen LogP contribution is -2.85. The molecule has 0 aromatic carbocycles. The third kappa shape index (κ3) is 5.18. The number of thioether (sulfide) groups is 2. The van der Waals surface area contributed by atoms with Crippen LogP contribution in [0.5, 0.6) is 0 Å². The quantitative estimate of drug-likeness (QED) is 0.0988. The summed E-state index contributed by atoms with van der Waals surface area (Å²) in [5, 5.41) is 31.3. The molecule has 0 radical (unpaired) electrons. The van der Waals surface area contributed by atoms with Crippen molar-refractivity contribution in [3.63, 3.8) is 0 Å². The van der Waals surface area contributed by atoms with Gasteiger partial charge in [0.2, 0.25) is 18.0 Å². The van der Waals surface area contributed by atoms with E-state index in [1.54, 1.807) is 6.92 Å². The topological polar surface area (TPSA) is 205 Å². The van der Waals surface area contributed by atoms with Crippen LogP contribution in [0.25, 0.3) is 0 Å². The Balaban J connectivity index is 1.73. The van der Waals surface area contributed by atoms with E-state index >= 15 is 0 Å². The molecule has 3 atom stereocenters. The number of aliphatic carboxylic acids is 2. The average Bonchev–Trinajstić information content (AvgIpc) is 3.21. The van der Waals surface area contributed by atoms with Crippen molar-refractivity contribution in [2.75, 3.05) is 11.5 Å². The van der Waals surface area contributed by atoms with Gasteiger partial charge in [-0.05, 0) is 25.3 Å². The van der Waals surface area contributed by atoms with E-state index in [4.69, 9.17) is 10.8 Å². The molecule has 16 heteroatoms. The first-order valence-corrected chi connectivity index (χ1v) is 12.8. The number of hydrogen-bond acceptors (Lipinski definition) is 11. The second-order valence-electron chi connectivity index (χ2n) is 7.43. The Hall–Kier alpha value is -2.69. The minimum absolute atomic E-state index is 0.0518. The van der Waals surface area contributed by atoms with Gasteiger partial charge in [-0.3, -0.25) is 24.1 Å². The van der Waals surface area contributed by atoms with Gasteiger partial charge in [-0.1, -0.05) is 23.1 Å². The fourth-order valence-electron chi connectivity index (χ4n) is 3.48. The van der Waals surface area contributed by atoms with Crippen LogP contribution < -0.4 is 16.4 Å². The number of fused-ring (bicyclic) bond motifs is 1. The number of aromatic nitrogens is 2. The van der Waals surface area contributed by atoms with E-state index in [2.05, 4.69) is 20.8 Å². The molecule has 34 heavy (non-hydrogen) atoms. The number of aryl methyl sites for hydroxylation is 1. The monoisotopic (exact) mass is 530 g/mol. The van der Waals surface area contributed by atoms with Gasteiger partial charge in [0, 0.05) is 17.9 Å². The van der Waals surface area contributed by atoms with Crippen molar-refractivity contribution in [2.45, 2.75) is 47.6 Å². The Morgan fingerprint density at radius 1 is 1.38 bits per heavy atom. The molecule has 1 aromatic heterocycles. The van der Waals surface area contributed by atoms with Crippen molar-refractivity contribution in [2.24, 2.45) is 5.73 Å². The van der Waals surface area contributed by atoms with Crippen LogP contribution in [0, 0.1) is 6.92 Å².